The van der Waals surface area contributed by atoms with Crippen LogP contribution in [0.2, 0.25) is 0 Å². The number of halogens is 1. The van der Waals surface area contributed by atoms with Crippen LogP contribution >= 0.6 is 15.9 Å². The van der Waals surface area contributed by atoms with Crippen LogP contribution in [0.25, 0.3) is 0 Å². The number of rotatable bonds is 0. The molecule has 0 amide bonds. The van der Waals surface area contributed by atoms with Gasteiger partial charge in [-0.3, -0.25) is 0 Å². The van der Waals surface area contributed by atoms with Crippen LogP contribution < -0.4 is 0 Å². The maximum absolute atomic E-state index is 3.54. The Morgan fingerprint density at radius 2 is 1.57 bits per heavy atom. The van der Waals surface area contributed by atoms with Gasteiger partial charge in [-0.2, -0.15) is 0 Å². The van der Waals surface area contributed by atoms with Crippen molar-refractivity contribution in [3.05, 3.63) is 0 Å². The Bertz CT molecular complexity index is 41.3. The second-order valence-electron chi connectivity index (χ2n) is 1.88. The van der Waals surface area contributed by atoms with E-state index in [2.05, 4.69) is 15.9 Å². The van der Waals surface area contributed by atoms with Crippen LogP contribution in [0.4, 0.5) is 0 Å². The van der Waals surface area contributed by atoms with Crippen molar-refractivity contribution < 1.29 is 19.5 Å². The molecule has 0 aromatic rings. The van der Waals surface area contributed by atoms with Crippen LogP contribution in [-0.4, -0.2) is 4.83 Å². The zero-order chi connectivity index (χ0) is 4.41. The van der Waals surface area contributed by atoms with Gasteiger partial charge in [-0.15, -0.1) is 0 Å². The van der Waals surface area contributed by atoms with E-state index in [1.807, 2.05) is 0 Å². The SMILES string of the molecule is BrC1CCCC1.[Zn]. The number of hydrogen-bond donors (Lipinski definition) is 0. The average Bonchev–Trinajstić information content (AvgIpc) is 1.86. The third kappa shape index (κ3) is 2.82. The maximum atomic E-state index is 3.54. The van der Waals surface area contributed by atoms with Gasteiger partial charge in [0, 0.05) is 24.3 Å². The molecule has 1 aliphatic rings. The molecule has 38 valence electrons. The van der Waals surface area contributed by atoms with Crippen molar-refractivity contribution >= 4 is 15.9 Å². The molecular weight excluding hydrogens is 205 g/mol. The van der Waals surface area contributed by atoms with Gasteiger partial charge in [-0.1, -0.05) is 28.8 Å². The van der Waals surface area contributed by atoms with E-state index in [0.29, 0.717) is 0 Å². The van der Waals surface area contributed by atoms with Gasteiger partial charge < -0.3 is 0 Å². The molecule has 0 spiro atoms. The first-order valence-corrected chi connectivity index (χ1v) is 3.45. The fourth-order valence-corrected chi connectivity index (χ4v) is 1.52. The van der Waals surface area contributed by atoms with Crippen LogP contribution in [0.1, 0.15) is 25.7 Å². The van der Waals surface area contributed by atoms with Crippen molar-refractivity contribution in [3.8, 4) is 0 Å². The van der Waals surface area contributed by atoms with Gasteiger partial charge in [0.05, 0.1) is 0 Å². The Morgan fingerprint density at radius 3 is 1.71 bits per heavy atom. The van der Waals surface area contributed by atoms with Crippen LogP contribution in [-0.2, 0) is 19.5 Å². The van der Waals surface area contributed by atoms with Crippen LogP contribution in [0.15, 0.2) is 0 Å². The minimum Gasteiger partial charge on any atom is -0.0891 e. The molecule has 0 nitrogen and oxygen atoms in total. The Balaban J connectivity index is 0.000000360. The summed E-state index contributed by atoms with van der Waals surface area (Å²) in [5, 5.41) is 0. The average molecular weight is 214 g/mol. The van der Waals surface area contributed by atoms with E-state index in [1.165, 1.54) is 25.7 Å². The third-order valence-corrected chi connectivity index (χ3v) is 2.20. The van der Waals surface area contributed by atoms with E-state index in [1.54, 1.807) is 0 Å². The quantitative estimate of drug-likeness (QED) is 0.429. The van der Waals surface area contributed by atoms with Gasteiger partial charge >= 0.3 is 0 Å². The Morgan fingerprint density at radius 1 is 1.14 bits per heavy atom. The summed E-state index contributed by atoms with van der Waals surface area (Å²) in [5.41, 5.74) is 0. The standard InChI is InChI=1S/C5H9Br.Zn/c6-5-3-1-2-4-5;/h5H,1-4H2;. The molecule has 0 unspecified atom stereocenters. The monoisotopic (exact) mass is 212 g/mol. The Hall–Kier alpha value is 1.10. The van der Waals surface area contributed by atoms with Crippen LogP contribution in [0.5, 0.6) is 0 Å². The molecule has 2 heteroatoms. The van der Waals surface area contributed by atoms with Crippen LogP contribution in [0.3, 0.4) is 0 Å². The minimum absolute atomic E-state index is 0. The van der Waals surface area contributed by atoms with Gasteiger partial charge in [0.1, 0.15) is 0 Å². The molecule has 1 saturated carbocycles. The molecule has 0 bridgehead atoms. The zero-order valence-electron chi connectivity index (χ0n) is 4.49. The summed E-state index contributed by atoms with van der Waals surface area (Å²) in [5.74, 6) is 0. The molecular formula is C5H9BrZn. The summed E-state index contributed by atoms with van der Waals surface area (Å²) in [6.07, 6.45) is 5.69. The van der Waals surface area contributed by atoms with E-state index in [9.17, 15) is 0 Å². The Kier molecular flexibility index (Phi) is 4.66. The summed E-state index contributed by atoms with van der Waals surface area (Å²) in [7, 11) is 0. The molecule has 0 aromatic carbocycles. The zero-order valence-corrected chi connectivity index (χ0v) is 9.04. The first-order chi connectivity index (χ1) is 2.89. The van der Waals surface area contributed by atoms with Gasteiger partial charge in [0.2, 0.25) is 0 Å². The van der Waals surface area contributed by atoms with Crippen LogP contribution in [0, 0.1) is 0 Å². The molecule has 0 radical (unpaired) electrons. The van der Waals surface area contributed by atoms with Crippen molar-refractivity contribution in [2.24, 2.45) is 0 Å². The van der Waals surface area contributed by atoms with Crippen molar-refractivity contribution in [1.29, 1.82) is 0 Å². The topological polar surface area (TPSA) is 0 Å². The second kappa shape index (κ2) is 4.03. The molecule has 7 heavy (non-hydrogen) atoms. The first kappa shape index (κ1) is 8.10. The second-order valence-corrected chi connectivity index (χ2v) is 3.18. The molecule has 1 rings (SSSR count). The predicted molar refractivity (Wildman–Crippen MR) is 31.2 cm³/mol. The summed E-state index contributed by atoms with van der Waals surface area (Å²) in [6, 6.07) is 0. The molecule has 0 N–H and O–H groups in total. The molecule has 0 saturated heterocycles. The Labute approximate surface area is 65.9 Å². The smallest absolute Gasteiger partial charge is 0.0145 e. The number of hydrogen-bond acceptors (Lipinski definition) is 0. The molecule has 0 heterocycles. The molecule has 0 atom stereocenters. The van der Waals surface area contributed by atoms with E-state index in [4.69, 9.17) is 0 Å². The summed E-state index contributed by atoms with van der Waals surface area (Å²) < 4.78 is 0. The molecule has 0 aromatic heterocycles. The van der Waals surface area contributed by atoms with E-state index < -0.39 is 0 Å². The van der Waals surface area contributed by atoms with Crippen molar-refractivity contribution in [1.82, 2.24) is 0 Å². The molecule has 1 fully saturated rings. The van der Waals surface area contributed by atoms with Gasteiger partial charge in [-0.25, -0.2) is 0 Å². The fourth-order valence-electron chi connectivity index (χ4n) is 0.876. The van der Waals surface area contributed by atoms with Gasteiger partial charge in [-0.05, 0) is 12.8 Å². The van der Waals surface area contributed by atoms with E-state index >= 15 is 0 Å². The minimum atomic E-state index is 0. The summed E-state index contributed by atoms with van der Waals surface area (Å²) >= 11 is 3.54. The summed E-state index contributed by atoms with van der Waals surface area (Å²) in [6.45, 7) is 0. The predicted octanol–water partition coefficient (Wildman–Crippen LogP) is 2.32. The molecule has 0 aliphatic heterocycles. The van der Waals surface area contributed by atoms with Crippen molar-refractivity contribution in [3.63, 3.8) is 0 Å². The normalized spacial score (nSPS) is 21.9. The number of alkyl halides is 1. The van der Waals surface area contributed by atoms with E-state index in [-0.39, 0.29) is 19.5 Å². The van der Waals surface area contributed by atoms with E-state index in [0.717, 1.165) is 4.83 Å². The largest absolute Gasteiger partial charge is 0.0891 e. The van der Waals surface area contributed by atoms with Gasteiger partial charge in [0.25, 0.3) is 0 Å². The first-order valence-electron chi connectivity index (χ1n) is 2.53. The fraction of sp³-hybridized carbons (Fsp3) is 1.00. The molecule has 1 aliphatic carbocycles. The summed E-state index contributed by atoms with van der Waals surface area (Å²) in [4.78, 5) is 0.859. The third-order valence-electron chi connectivity index (χ3n) is 1.28. The maximum Gasteiger partial charge on any atom is 0.0145 e. The van der Waals surface area contributed by atoms with Crippen molar-refractivity contribution in [2.45, 2.75) is 30.5 Å². The van der Waals surface area contributed by atoms with Crippen molar-refractivity contribution in [2.75, 3.05) is 0 Å². The van der Waals surface area contributed by atoms with Gasteiger partial charge in [0.15, 0.2) is 0 Å².